The van der Waals surface area contributed by atoms with Gasteiger partial charge in [0.05, 0.1) is 27.7 Å². The lowest BCUT2D eigenvalue weighted by Gasteiger charge is -2.23. The van der Waals surface area contributed by atoms with Gasteiger partial charge in [-0.25, -0.2) is 0 Å². The van der Waals surface area contributed by atoms with E-state index in [2.05, 4.69) is 32.8 Å². The Labute approximate surface area is 170 Å². The van der Waals surface area contributed by atoms with Gasteiger partial charge in [0.25, 0.3) is 6.16 Å². The molecule has 0 aliphatic heterocycles. The molecule has 4 heteroatoms. The lowest BCUT2D eigenvalue weighted by molar-refractivity contribution is -0.870. The summed E-state index contributed by atoms with van der Waals surface area (Å²) in [4.78, 5) is 9.03. The Morgan fingerprint density at radius 3 is 1.15 bits per heavy atom. The molecule has 0 saturated heterocycles. The fourth-order valence-corrected chi connectivity index (χ4v) is 3.13. The number of rotatable bonds is 17. The molecule has 164 valence electrons. The summed E-state index contributed by atoms with van der Waals surface area (Å²) in [7, 11) is 7.93. The van der Waals surface area contributed by atoms with Crippen LogP contribution in [0.1, 0.15) is 110 Å². The highest BCUT2D eigenvalue weighted by atomic mass is 16.6. The van der Waals surface area contributed by atoms with E-state index >= 15 is 0 Å². The zero-order valence-corrected chi connectivity index (χ0v) is 19.2. The second kappa shape index (κ2) is 21.5. The number of carbonyl (C=O) groups is 1. The number of unbranched alkanes of at least 4 members (excludes halogenated alkanes) is 15. The van der Waals surface area contributed by atoms with Gasteiger partial charge in [0.15, 0.2) is 0 Å². The first-order valence-electron chi connectivity index (χ1n) is 11.4. The normalized spacial score (nSPS) is 11.0. The standard InChI is InChI=1S/C21H46N.C2H4O3/c1-5-6-7-8-9-10-11-12-13-14-15-16-17-18-19-20-21-22(2,3)4;1-5-2(3)4/h5-21H2,1-4H3;1H3,(H,3,4)/q+1;/p-1. The third-order valence-electron chi connectivity index (χ3n) is 4.85. The molecule has 0 unspecified atom stereocenters. The van der Waals surface area contributed by atoms with Crippen LogP contribution in [0.3, 0.4) is 0 Å². The summed E-state index contributed by atoms with van der Waals surface area (Å²) in [5.74, 6) is 0. The van der Waals surface area contributed by atoms with Crippen LogP contribution < -0.4 is 5.11 Å². The number of ether oxygens (including phenoxy) is 1. The summed E-state index contributed by atoms with van der Waals surface area (Å²) in [5.41, 5.74) is 0. The zero-order valence-electron chi connectivity index (χ0n) is 19.2. The fourth-order valence-electron chi connectivity index (χ4n) is 3.13. The summed E-state index contributed by atoms with van der Waals surface area (Å²) in [6, 6.07) is 0. The van der Waals surface area contributed by atoms with Crippen molar-refractivity contribution in [3.8, 4) is 0 Å². The van der Waals surface area contributed by atoms with E-state index in [-0.39, 0.29) is 0 Å². The Hall–Kier alpha value is -0.770. The van der Waals surface area contributed by atoms with Crippen LogP contribution in [-0.4, -0.2) is 45.4 Å². The van der Waals surface area contributed by atoms with Gasteiger partial charge in [-0.3, -0.25) is 0 Å². The first-order valence-corrected chi connectivity index (χ1v) is 11.4. The van der Waals surface area contributed by atoms with Crippen molar-refractivity contribution in [1.82, 2.24) is 0 Å². The third kappa shape index (κ3) is 33.3. The van der Waals surface area contributed by atoms with Crippen molar-refractivity contribution < 1.29 is 19.1 Å². The minimum atomic E-state index is -1.50. The number of carboxylic acid groups (broad SMARTS) is 1. The van der Waals surface area contributed by atoms with Gasteiger partial charge in [-0.15, -0.1) is 0 Å². The van der Waals surface area contributed by atoms with Gasteiger partial charge in [0, 0.05) is 7.11 Å². The maximum absolute atomic E-state index is 9.03. The van der Waals surface area contributed by atoms with E-state index in [1.807, 2.05) is 0 Å². The topological polar surface area (TPSA) is 49.4 Å². The summed E-state index contributed by atoms with van der Waals surface area (Å²) >= 11 is 0. The number of hydrogen-bond acceptors (Lipinski definition) is 3. The molecular formula is C23H49NO3. The summed E-state index contributed by atoms with van der Waals surface area (Å²) in [6.45, 7) is 3.63. The highest BCUT2D eigenvalue weighted by molar-refractivity contribution is 5.53. The number of methoxy groups -OCH3 is 1. The summed E-state index contributed by atoms with van der Waals surface area (Å²) in [5, 5.41) is 9.03. The minimum absolute atomic E-state index is 1.04. The molecule has 0 radical (unpaired) electrons. The molecule has 0 amide bonds. The average molecular weight is 388 g/mol. The van der Waals surface area contributed by atoms with E-state index in [0.717, 1.165) is 11.6 Å². The Bertz CT molecular complexity index is 300. The highest BCUT2D eigenvalue weighted by Crippen LogP contribution is 2.13. The van der Waals surface area contributed by atoms with Crippen molar-refractivity contribution in [3.63, 3.8) is 0 Å². The molecule has 4 nitrogen and oxygen atoms in total. The van der Waals surface area contributed by atoms with E-state index < -0.39 is 6.16 Å². The van der Waals surface area contributed by atoms with E-state index in [9.17, 15) is 0 Å². The van der Waals surface area contributed by atoms with Gasteiger partial charge in [0.2, 0.25) is 0 Å². The second-order valence-corrected chi connectivity index (χ2v) is 8.77. The van der Waals surface area contributed by atoms with Crippen LogP contribution >= 0.6 is 0 Å². The van der Waals surface area contributed by atoms with Crippen molar-refractivity contribution in [2.75, 3.05) is 34.8 Å². The van der Waals surface area contributed by atoms with E-state index in [4.69, 9.17) is 9.90 Å². The zero-order chi connectivity index (χ0) is 20.8. The molecular weight excluding hydrogens is 338 g/mol. The van der Waals surface area contributed by atoms with Crippen LogP contribution in [0.25, 0.3) is 0 Å². The van der Waals surface area contributed by atoms with Crippen molar-refractivity contribution in [1.29, 1.82) is 0 Å². The average Bonchev–Trinajstić information content (AvgIpc) is 2.61. The predicted octanol–water partition coefficient (Wildman–Crippen LogP) is 5.93. The Balaban J connectivity index is 0. The number of nitrogens with zero attached hydrogens (tertiary/aromatic N) is 1. The third-order valence-corrected chi connectivity index (χ3v) is 4.85. The maximum Gasteiger partial charge on any atom is 0.251 e. The Kier molecular flexibility index (Phi) is 22.7. The van der Waals surface area contributed by atoms with Crippen LogP contribution in [0.2, 0.25) is 0 Å². The van der Waals surface area contributed by atoms with Crippen LogP contribution in [0.5, 0.6) is 0 Å². The van der Waals surface area contributed by atoms with Gasteiger partial charge < -0.3 is 19.1 Å². The maximum atomic E-state index is 9.03. The fraction of sp³-hybridized carbons (Fsp3) is 0.957. The molecule has 0 aliphatic rings. The first kappa shape index (κ1) is 28.4. The molecule has 0 heterocycles. The van der Waals surface area contributed by atoms with Crippen LogP contribution in [-0.2, 0) is 4.74 Å². The monoisotopic (exact) mass is 387 g/mol. The molecule has 0 aromatic heterocycles. The predicted molar refractivity (Wildman–Crippen MR) is 115 cm³/mol. The van der Waals surface area contributed by atoms with Gasteiger partial charge in [-0.2, -0.15) is 0 Å². The van der Waals surface area contributed by atoms with Crippen molar-refractivity contribution >= 4 is 6.16 Å². The number of quaternary nitrogens is 1. The van der Waals surface area contributed by atoms with Crippen LogP contribution in [0, 0.1) is 0 Å². The van der Waals surface area contributed by atoms with Gasteiger partial charge in [-0.1, -0.05) is 96.8 Å². The molecule has 0 bridgehead atoms. The Morgan fingerprint density at radius 1 is 0.667 bits per heavy atom. The quantitative estimate of drug-likeness (QED) is 0.176. The number of carbonyl (C=O) groups excluding carboxylic acids is 1. The molecule has 0 spiro atoms. The van der Waals surface area contributed by atoms with Gasteiger partial charge >= 0.3 is 0 Å². The molecule has 27 heavy (non-hydrogen) atoms. The smallest absolute Gasteiger partial charge is 0.251 e. The molecule has 0 fully saturated rings. The molecule has 0 aliphatic carbocycles. The highest BCUT2D eigenvalue weighted by Gasteiger charge is 2.04. The van der Waals surface area contributed by atoms with Crippen LogP contribution in [0.15, 0.2) is 0 Å². The molecule has 0 saturated carbocycles. The second-order valence-electron chi connectivity index (χ2n) is 8.77. The Morgan fingerprint density at radius 2 is 0.926 bits per heavy atom. The molecule has 0 N–H and O–H groups in total. The van der Waals surface area contributed by atoms with Gasteiger partial charge in [0.1, 0.15) is 0 Å². The molecule has 0 atom stereocenters. The lowest BCUT2D eigenvalue weighted by Crippen LogP contribution is -2.35. The lowest BCUT2D eigenvalue weighted by atomic mass is 10.0. The molecule has 0 rings (SSSR count). The van der Waals surface area contributed by atoms with Crippen LogP contribution in [0.4, 0.5) is 4.79 Å². The largest absolute Gasteiger partial charge is 0.553 e. The van der Waals surface area contributed by atoms with E-state index in [1.165, 1.54) is 109 Å². The molecule has 0 aromatic carbocycles. The van der Waals surface area contributed by atoms with Crippen molar-refractivity contribution in [2.45, 2.75) is 110 Å². The summed E-state index contributed by atoms with van der Waals surface area (Å²) < 4.78 is 4.68. The minimum Gasteiger partial charge on any atom is -0.553 e. The first-order chi connectivity index (χ1) is 12.8. The van der Waals surface area contributed by atoms with E-state index in [1.54, 1.807) is 0 Å². The SMILES string of the molecule is CCCCCCCCCCCCCCCCCC[N+](C)(C)C.COC(=O)[O-]. The van der Waals surface area contributed by atoms with Crippen molar-refractivity contribution in [3.05, 3.63) is 0 Å². The summed E-state index contributed by atoms with van der Waals surface area (Å²) in [6.07, 6.45) is 21.9. The van der Waals surface area contributed by atoms with Crippen molar-refractivity contribution in [2.24, 2.45) is 0 Å². The number of hydrogen-bond donors (Lipinski definition) is 0. The molecule has 0 aromatic rings. The van der Waals surface area contributed by atoms with E-state index in [0.29, 0.717) is 0 Å². The van der Waals surface area contributed by atoms with Gasteiger partial charge in [-0.05, 0) is 12.8 Å².